The Morgan fingerprint density at radius 1 is 1.62 bits per heavy atom. The van der Waals surface area contributed by atoms with Gasteiger partial charge in [-0.25, -0.2) is 4.79 Å². The van der Waals surface area contributed by atoms with E-state index in [0.717, 1.165) is 0 Å². The molecule has 1 aromatic carbocycles. The molecule has 0 heterocycles. The van der Waals surface area contributed by atoms with Crippen LogP contribution in [-0.4, -0.2) is 11.1 Å². The van der Waals surface area contributed by atoms with Crippen molar-refractivity contribution in [3.05, 3.63) is 34.3 Å². The summed E-state index contributed by atoms with van der Waals surface area (Å²) in [4.78, 5) is 10.6. The zero-order chi connectivity index (χ0) is 10.0. The van der Waals surface area contributed by atoms with Crippen molar-refractivity contribution in [1.82, 2.24) is 0 Å². The Balaban J connectivity index is 3.19. The van der Waals surface area contributed by atoms with E-state index >= 15 is 0 Å². The van der Waals surface area contributed by atoms with Gasteiger partial charge in [-0.2, -0.15) is 0 Å². The Morgan fingerprint density at radius 3 is 2.69 bits per heavy atom. The Morgan fingerprint density at radius 2 is 2.23 bits per heavy atom. The first-order chi connectivity index (χ1) is 6.02. The molecule has 0 saturated heterocycles. The minimum absolute atomic E-state index is 0.205. The van der Waals surface area contributed by atoms with Crippen molar-refractivity contribution in [1.29, 1.82) is 0 Å². The minimum atomic E-state index is -0.974. The first-order valence-electron chi connectivity index (χ1n) is 3.80. The molecule has 1 rings (SSSR count). The zero-order valence-corrected chi connectivity index (χ0v) is 7.88. The lowest BCUT2D eigenvalue weighted by atomic mass is 10.1. The molecule has 3 nitrogen and oxygen atoms in total. The second-order valence-corrected chi connectivity index (χ2v) is 3.24. The topological polar surface area (TPSA) is 63.3 Å². The summed E-state index contributed by atoms with van der Waals surface area (Å²) in [5.74, 6) is -0.974. The predicted molar refractivity (Wildman–Crippen MR) is 51.0 cm³/mol. The van der Waals surface area contributed by atoms with Crippen LogP contribution in [0.1, 0.15) is 28.9 Å². The van der Waals surface area contributed by atoms with Gasteiger partial charge in [-0.1, -0.05) is 11.6 Å². The highest BCUT2D eigenvalue weighted by Gasteiger charge is 2.09. The maximum atomic E-state index is 10.6. The Kier molecular flexibility index (Phi) is 2.90. The molecule has 1 unspecified atom stereocenters. The average molecular weight is 200 g/mol. The molecule has 0 amide bonds. The number of nitrogens with two attached hydrogens (primary N) is 1. The summed E-state index contributed by atoms with van der Waals surface area (Å²) >= 11 is 5.82. The number of carbonyl (C=O) groups is 1. The highest BCUT2D eigenvalue weighted by molar-refractivity contribution is 6.31. The summed E-state index contributed by atoms with van der Waals surface area (Å²) < 4.78 is 0. The van der Waals surface area contributed by atoms with Crippen LogP contribution in [0.2, 0.25) is 5.02 Å². The third-order valence-electron chi connectivity index (χ3n) is 1.73. The number of benzene rings is 1. The summed E-state index contributed by atoms with van der Waals surface area (Å²) in [6.07, 6.45) is 0. The number of carboxylic acid groups (broad SMARTS) is 1. The van der Waals surface area contributed by atoms with Gasteiger partial charge in [0.05, 0.1) is 5.56 Å². The summed E-state index contributed by atoms with van der Waals surface area (Å²) in [5.41, 5.74) is 6.47. The third kappa shape index (κ3) is 2.20. The van der Waals surface area contributed by atoms with Gasteiger partial charge < -0.3 is 10.8 Å². The maximum absolute atomic E-state index is 10.6. The highest BCUT2D eigenvalue weighted by atomic mass is 35.5. The number of aromatic carboxylic acids is 1. The Labute approximate surface area is 81.1 Å². The summed E-state index contributed by atoms with van der Waals surface area (Å²) in [7, 11) is 0. The van der Waals surface area contributed by atoms with Crippen molar-refractivity contribution < 1.29 is 9.90 Å². The van der Waals surface area contributed by atoms with Gasteiger partial charge in [0.15, 0.2) is 0 Å². The van der Waals surface area contributed by atoms with Crippen LogP contribution >= 0.6 is 11.6 Å². The van der Waals surface area contributed by atoms with Crippen molar-refractivity contribution >= 4 is 17.6 Å². The second-order valence-electron chi connectivity index (χ2n) is 2.83. The lowest BCUT2D eigenvalue weighted by Gasteiger charge is -2.08. The summed E-state index contributed by atoms with van der Waals surface area (Å²) in [6.45, 7) is 1.76. The largest absolute Gasteiger partial charge is 0.478 e. The molecule has 0 aliphatic rings. The fourth-order valence-electron chi connectivity index (χ4n) is 1.03. The smallest absolute Gasteiger partial charge is 0.335 e. The molecule has 0 fully saturated rings. The summed E-state index contributed by atoms with van der Waals surface area (Å²) in [6, 6.07) is 4.24. The molecule has 13 heavy (non-hydrogen) atoms. The van der Waals surface area contributed by atoms with Gasteiger partial charge in [-0.15, -0.1) is 0 Å². The van der Waals surface area contributed by atoms with Crippen molar-refractivity contribution in [2.24, 2.45) is 5.73 Å². The predicted octanol–water partition coefficient (Wildman–Crippen LogP) is 2.06. The molecule has 1 atom stereocenters. The van der Waals surface area contributed by atoms with Crippen molar-refractivity contribution in [3.63, 3.8) is 0 Å². The molecule has 70 valence electrons. The average Bonchev–Trinajstić information content (AvgIpc) is 2.04. The number of hydrogen-bond donors (Lipinski definition) is 2. The van der Waals surface area contributed by atoms with Crippen LogP contribution in [0.4, 0.5) is 0 Å². The minimum Gasteiger partial charge on any atom is -0.478 e. The Bertz CT molecular complexity index is 336. The molecule has 0 aromatic heterocycles. The van der Waals surface area contributed by atoms with Crippen LogP contribution in [0.5, 0.6) is 0 Å². The molecular weight excluding hydrogens is 190 g/mol. The van der Waals surface area contributed by atoms with Crippen LogP contribution in [0, 0.1) is 0 Å². The van der Waals surface area contributed by atoms with Gasteiger partial charge in [0.2, 0.25) is 0 Å². The van der Waals surface area contributed by atoms with Gasteiger partial charge in [-0.05, 0) is 30.7 Å². The number of halogens is 1. The first kappa shape index (κ1) is 10.0. The number of rotatable bonds is 2. The van der Waals surface area contributed by atoms with Gasteiger partial charge in [0, 0.05) is 11.1 Å². The van der Waals surface area contributed by atoms with E-state index in [9.17, 15) is 4.79 Å². The second kappa shape index (κ2) is 3.77. The monoisotopic (exact) mass is 199 g/mol. The van der Waals surface area contributed by atoms with Crippen LogP contribution in [0.3, 0.4) is 0 Å². The number of hydrogen-bond acceptors (Lipinski definition) is 2. The van der Waals surface area contributed by atoms with E-state index in [1.807, 2.05) is 0 Å². The van der Waals surface area contributed by atoms with Gasteiger partial charge in [0.25, 0.3) is 0 Å². The maximum Gasteiger partial charge on any atom is 0.335 e. The third-order valence-corrected chi connectivity index (χ3v) is 2.08. The zero-order valence-electron chi connectivity index (χ0n) is 7.12. The molecule has 3 N–H and O–H groups in total. The van der Waals surface area contributed by atoms with E-state index in [4.69, 9.17) is 22.4 Å². The lowest BCUT2D eigenvalue weighted by Crippen LogP contribution is -2.07. The quantitative estimate of drug-likeness (QED) is 0.767. The van der Waals surface area contributed by atoms with E-state index in [0.29, 0.717) is 10.6 Å². The van der Waals surface area contributed by atoms with Crippen LogP contribution in [-0.2, 0) is 0 Å². The van der Waals surface area contributed by atoms with Crippen LogP contribution in [0.25, 0.3) is 0 Å². The van der Waals surface area contributed by atoms with Crippen molar-refractivity contribution in [2.75, 3.05) is 0 Å². The van der Waals surface area contributed by atoms with E-state index in [1.54, 1.807) is 13.0 Å². The SMILES string of the molecule is CC(N)c1cc(C(=O)O)ccc1Cl. The Hall–Kier alpha value is -1.06. The molecule has 0 saturated carbocycles. The molecule has 0 aliphatic heterocycles. The first-order valence-corrected chi connectivity index (χ1v) is 4.18. The standard InChI is InChI=1S/C9H10ClNO2/c1-5(11)7-4-6(9(12)13)2-3-8(7)10/h2-5H,11H2,1H3,(H,12,13). The van der Waals surface area contributed by atoms with Crippen molar-refractivity contribution in [2.45, 2.75) is 13.0 Å². The van der Waals surface area contributed by atoms with E-state index in [1.165, 1.54) is 12.1 Å². The summed E-state index contributed by atoms with van der Waals surface area (Å²) in [5, 5.41) is 9.20. The number of carboxylic acids is 1. The van der Waals surface area contributed by atoms with Gasteiger partial charge >= 0.3 is 5.97 Å². The molecule has 1 aromatic rings. The highest BCUT2D eigenvalue weighted by Crippen LogP contribution is 2.22. The fraction of sp³-hybridized carbons (Fsp3) is 0.222. The van der Waals surface area contributed by atoms with E-state index < -0.39 is 5.97 Å². The van der Waals surface area contributed by atoms with Gasteiger partial charge in [0.1, 0.15) is 0 Å². The van der Waals surface area contributed by atoms with Gasteiger partial charge in [-0.3, -0.25) is 0 Å². The van der Waals surface area contributed by atoms with Crippen LogP contribution < -0.4 is 5.73 Å². The molecular formula is C9H10ClNO2. The molecule has 0 radical (unpaired) electrons. The fourth-order valence-corrected chi connectivity index (χ4v) is 1.32. The molecule has 0 aliphatic carbocycles. The van der Waals surface area contributed by atoms with E-state index in [2.05, 4.69) is 0 Å². The van der Waals surface area contributed by atoms with Crippen LogP contribution in [0.15, 0.2) is 18.2 Å². The van der Waals surface area contributed by atoms with E-state index in [-0.39, 0.29) is 11.6 Å². The van der Waals surface area contributed by atoms with Crippen molar-refractivity contribution in [3.8, 4) is 0 Å². The lowest BCUT2D eigenvalue weighted by molar-refractivity contribution is 0.0697. The molecule has 0 bridgehead atoms. The molecule has 4 heteroatoms. The normalized spacial score (nSPS) is 12.5. The molecule has 0 spiro atoms.